The van der Waals surface area contributed by atoms with Gasteiger partial charge >= 0.3 is 5.97 Å². The number of aryl methyl sites for hydroxylation is 1. The number of aliphatic carboxylic acids is 1. The zero-order chi connectivity index (χ0) is 17.1. The van der Waals surface area contributed by atoms with Crippen LogP contribution in [0.3, 0.4) is 0 Å². The van der Waals surface area contributed by atoms with Gasteiger partial charge in [0.2, 0.25) is 0 Å². The van der Waals surface area contributed by atoms with Gasteiger partial charge in [0.05, 0.1) is 6.54 Å². The lowest BCUT2D eigenvalue weighted by Crippen LogP contribution is -2.40. The van der Waals surface area contributed by atoms with Crippen molar-refractivity contribution in [1.82, 2.24) is 4.57 Å². The molecule has 0 aliphatic heterocycles. The molecule has 0 aromatic carbocycles. The molecule has 0 radical (unpaired) electrons. The van der Waals surface area contributed by atoms with E-state index < -0.39 is 5.97 Å². The van der Waals surface area contributed by atoms with Crippen molar-refractivity contribution in [1.29, 1.82) is 0 Å². The first-order chi connectivity index (χ1) is 11.1. The second-order valence-corrected chi connectivity index (χ2v) is 6.53. The van der Waals surface area contributed by atoms with Crippen molar-refractivity contribution in [2.45, 2.75) is 98.1 Å². The molecule has 0 aliphatic rings. The maximum Gasteiger partial charge on any atom is 0.346 e. The zero-order valence-corrected chi connectivity index (χ0v) is 15.3. The summed E-state index contributed by atoms with van der Waals surface area (Å²) in [6.45, 7) is 7.41. The third kappa shape index (κ3) is 7.19. The van der Waals surface area contributed by atoms with Crippen molar-refractivity contribution in [3.8, 4) is 0 Å². The van der Waals surface area contributed by atoms with Crippen molar-refractivity contribution in [3.05, 3.63) is 17.7 Å². The number of hydrogen-bond acceptors (Lipinski definition) is 1. The van der Waals surface area contributed by atoms with E-state index in [4.69, 9.17) is 5.11 Å². The molecule has 0 atom stereocenters. The van der Waals surface area contributed by atoms with Crippen molar-refractivity contribution >= 4 is 5.97 Å². The van der Waals surface area contributed by atoms with Crippen molar-refractivity contribution in [3.63, 3.8) is 0 Å². The Balaban J connectivity index is 2.34. The van der Waals surface area contributed by atoms with E-state index in [0.717, 1.165) is 30.9 Å². The molecule has 1 aromatic heterocycles. The minimum atomic E-state index is -0.767. The molecule has 1 rings (SSSR count). The predicted octanol–water partition coefficient (Wildman–Crippen LogP) is 4.26. The van der Waals surface area contributed by atoms with Crippen LogP contribution in [-0.4, -0.2) is 15.6 Å². The highest BCUT2D eigenvalue weighted by Gasteiger charge is 2.20. The Kier molecular flexibility index (Phi) is 9.65. The Morgan fingerprint density at radius 2 is 1.61 bits per heavy atom. The molecule has 0 bridgehead atoms. The number of hydrogen-bond donors (Lipinski definition) is 1. The summed E-state index contributed by atoms with van der Waals surface area (Å²) >= 11 is 0. The van der Waals surface area contributed by atoms with Crippen molar-refractivity contribution < 1.29 is 14.5 Å². The number of unbranched alkanes of at least 4 members (excludes halogenated alkanes) is 8. The molecule has 1 N–H and O–H groups in total. The molecule has 0 saturated heterocycles. The molecule has 4 heteroatoms. The number of aromatic nitrogens is 2. The summed E-state index contributed by atoms with van der Waals surface area (Å²) in [5.41, 5.74) is 1.15. The van der Waals surface area contributed by atoms with E-state index >= 15 is 0 Å². The predicted molar refractivity (Wildman–Crippen MR) is 93.6 cm³/mol. The monoisotopic (exact) mass is 323 g/mol. The third-order valence-corrected chi connectivity index (χ3v) is 4.54. The van der Waals surface area contributed by atoms with E-state index in [1.807, 2.05) is 10.8 Å². The molecule has 0 saturated carbocycles. The fourth-order valence-corrected chi connectivity index (χ4v) is 3.32. The second-order valence-electron chi connectivity index (χ2n) is 6.53. The van der Waals surface area contributed by atoms with Crippen LogP contribution < -0.4 is 4.57 Å². The molecule has 0 spiro atoms. The fourth-order valence-electron chi connectivity index (χ4n) is 3.32. The van der Waals surface area contributed by atoms with Crippen LogP contribution in [0.25, 0.3) is 0 Å². The molecule has 1 aromatic rings. The van der Waals surface area contributed by atoms with Gasteiger partial charge in [0, 0.05) is 13.3 Å². The summed E-state index contributed by atoms with van der Waals surface area (Å²) < 4.78 is 4.15. The summed E-state index contributed by atoms with van der Waals surface area (Å²) in [7, 11) is 0. The molecule has 23 heavy (non-hydrogen) atoms. The summed E-state index contributed by atoms with van der Waals surface area (Å²) in [5, 5.41) is 9.06. The lowest BCUT2D eigenvalue weighted by molar-refractivity contribution is -0.693. The van der Waals surface area contributed by atoms with Crippen LogP contribution in [0.2, 0.25) is 0 Å². The number of carbonyl (C=O) groups is 1. The number of imidazole rings is 1. The summed E-state index contributed by atoms with van der Waals surface area (Å²) in [5.74, 6) is 0.395. The van der Waals surface area contributed by atoms with Crippen LogP contribution in [0.4, 0.5) is 0 Å². The highest BCUT2D eigenvalue weighted by atomic mass is 16.4. The Bertz CT molecular complexity index is 466. The first-order valence-corrected chi connectivity index (χ1v) is 9.40. The van der Waals surface area contributed by atoms with E-state index in [1.165, 1.54) is 51.4 Å². The smallest absolute Gasteiger partial charge is 0.346 e. The fraction of sp³-hybridized carbons (Fsp3) is 0.789. The van der Waals surface area contributed by atoms with Gasteiger partial charge in [-0.2, -0.15) is 0 Å². The SMILES string of the molecule is CCCCCCCCCCCc1n(CC)c(C)c[n+]1CC(=O)O. The summed E-state index contributed by atoms with van der Waals surface area (Å²) in [6.07, 6.45) is 14.8. The Labute approximate surface area is 141 Å². The Morgan fingerprint density at radius 1 is 1.04 bits per heavy atom. The number of carboxylic acids is 1. The van der Waals surface area contributed by atoms with Crippen LogP contribution in [0, 0.1) is 6.92 Å². The van der Waals surface area contributed by atoms with Crippen LogP contribution in [-0.2, 0) is 24.3 Å². The van der Waals surface area contributed by atoms with Gasteiger partial charge in [-0.15, -0.1) is 0 Å². The molecule has 0 amide bonds. The van der Waals surface area contributed by atoms with Crippen LogP contribution >= 0.6 is 0 Å². The van der Waals surface area contributed by atoms with Crippen molar-refractivity contribution in [2.75, 3.05) is 0 Å². The average molecular weight is 324 g/mol. The van der Waals surface area contributed by atoms with E-state index in [1.54, 1.807) is 0 Å². The topological polar surface area (TPSA) is 46.1 Å². The van der Waals surface area contributed by atoms with E-state index in [0.29, 0.717) is 0 Å². The minimum absolute atomic E-state index is 0.0700. The second kappa shape index (κ2) is 11.3. The summed E-state index contributed by atoms with van der Waals surface area (Å²) in [4.78, 5) is 11.0. The molecule has 0 fully saturated rings. The number of nitrogens with zero attached hydrogens (tertiary/aromatic N) is 2. The van der Waals surface area contributed by atoms with E-state index in [9.17, 15) is 4.79 Å². The lowest BCUT2D eigenvalue weighted by atomic mass is 10.1. The van der Waals surface area contributed by atoms with Gasteiger partial charge in [-0.25, -0.2) is 13.9 Å². The number of rotatable bonds is 13. The highest BCUT2D eigenvalue weighted by Crippen LogP contribution is 2.12. The van der Waals surface area contributed by atoms with Crippen molar-refractivity contribution in [2.24, 2.45) is 0 Å². The molecule has 0 unspecified atom stereocenters. The van der Waals surface area contributed by atoms with Gasteiger partial charge in [-0.3, -0.25) is 0 Å². The molecule has 0 aliphatic carbocycles. The molecule has 132 valence electrons. The van der Waals surface area contributed by atoms with E-state index in [-0.39, 0.29) is 6.54 Å². The first kappa shape index (κ1) is 19.7. The summed E-state index contributed by atoms with van der Waals surface area (Å²) in [6, 6.07) is 0. The maximum atomic E-state index is 11.0. The van der Waals surface area contributed by atoms with Gasteiger partial charge in [0.15, 0.2) is 6.54 Å². The van der Waals surface area contributed by atoms with Crippen LogP contribution in [0.15, 0.2) is 6.20 Å². The van der Waals surface area contributed by atoms with Gasteiger partial charge in [0.25, 0.3) is 5.82 Å². The standard InChI is InChI=1S/C19H34N2O2/c1-4-6-7-8-9-10-11-12-13-14-18-20(16-19(22)23)15-17(3)21(18)5-2/h15H,4-14,16H2,1-3H3/p+1. The minimum Gasteiger partial charge on any atom is -0.478 e. The lowest BCUT2D eigenvalue weighted by Gasteiger charge is -2.04. The molecule has 1 heterocycles. The normalized spacial score (nSPS) is 11.1. The van der Waals surface area contributed by atoms with Gasteiger partial charge < -0.3 is 5.11 Å². The van der Waals surface area contributed by atoms with Crippen LogP contribution in [0.1, 0.15) is 83.2 Å². The molecule has 4 nitrogen and oxygen atoms in total. The largest absolute Gasteiger partial charge is 0.478 e. The van der Waals surface area contributed by atoms with E-state index in [2.05, 4.69) is 25.3 Å². The third-order valence-electron chi connectivity index (χ3n) is 4.54. The highest BCUT2D eigenvalue weighted by molar-refractivity contribution is 5.64. The Hall–Kier alpha value is -1.32. The van der Waals surface area contributed by atoms with Gasteiger partial charge in [-0.1, -0.05) is 58.3 Å². The number of carboxylic acid groups (broad SMARTS) is 1. The van der Waals surface area contributed by atoms with Gasteiger partial charge in [-0.05, 0) is 13.3 Å². The maximum absolute atomic E-state index is 11.0. The molecular formula is C19H35N2O2+. The molecular weight excluding hydrogens is 288 g/mol. The zero-order valence-electron chi connectivity index (χ0n) is 15.3. The average Bonchev–Trinajstić information content (AvgIpc) is 2.79. The quantitative estimate of drug-likeness (QED) is 0.435. The Morgan fingerprint density at radius 3 is 2.13 bits per heavy atom. The van der Waals surface area contributed by atoms with Gasteiger partial charge in [0.1, 0.15) is 11.9 Å². The van der Waals surface area contributed by atoms with Crippen LogP contribution in [0.5, 0.6) is 0 Å². The first-order valence-electron chi connectivity index (χ1n) is 9.40.